The molecular weight excluding hydrogens is 365 g/mol. The molecule has 1 amide bonds. The van der Waals surface area contributed by atoms with Gasteiger partial charge in [-0.05, 0) is 42.3 Å². The van der Waals surface area contributed by atoms with Gasteiger partial charge < -0.3 is 14.8 Å². The third-order valence-electron chi connectivity index (χ3n) is 3.76. The molecule has 3 rings (SSSR count). The van der Waals surface area contributed by atoms with Gasteiger partial charge in [0.2, 0.25) is 0 Å². The van der Waals surface area contributed by atoms with E-state index in [9.17, 15) is 9.59 Å². The van der Waals surface area contributed by atoms with Crippen LogP contribution >= 0.6 is 23.2 Å². The van der Waals surface area contributed by atoms with Crippen molar-refractivity contribution in [3.05, 3.63) is 58.1 Å². The quantitative estimate of drug-likeness (QED) is 0.822. The van der Waals surface area contributed by atoms with Gasteiger partial charge in [-0.15, -0.1) is 0 Å². The lowest BCUT2D eigenvalue weighted by Crippen LogP contribution is -2.32. The van der Waals surface area contributed by atoms with Crippen LogP contribution in [0.1, 0.15) is 5.56 Å². The SMILES string of the molecule is O=C(COC(=O)[C@H]1COc2ccc(Cl)cc2C1)Nc1ccccc1Cl. The molecular formula is C18H15Cl2NO4. The minimum absolute atomic E-state index is 0.208. The molecule has 1 atom stereocenters. The summed E-state index contributed by atoms with van der Waals surface area (Å²) in [5.74, 6) is -0.703. The lowest BCUT2D eigenvalue weighted by molar-refractivity contribution is -0.152. The van der Waals surface area contributed by atoms with Crippen LogP contribution < -0.4 is 10.1 Å². The number of hydrogen-bond acceptors (Lipinski definition) is 4. The van der Waals surface area contributed by atoms with E-state index in [1.165, 1.54) is 0 Å². The molecule has 0 unspecified atom stereocenters. The zero-order valence-electron chi connectivity index (χ0n) is 13.1. The number of ether oxygens (including phenoxy) is 2. The molecule has 1 aliphatic rings. The van der Waals surface area contributed by atoms with E-state index in [1.807, 2.05) is 0 Å². The van der Waals surface area contributed by atoms with Crippen LogP contribution in [0, 0.1) is 5.92 Å². The highest BCUT2D eigenvalue weighted by Gasteiger charge is 2.28. The van der Waals surface area contributed by atoms with Crippen molar-refractivity contribution in [2.75, 3.05) is 18.5 Å². The number of halogens is 2. The van der Waals surface area contributed by atoms with Crippen molar-refractivity contribution in [3.63, 3.8) is 0 Å². The Bertz CT molecular complexity index is 809. The predicted octanol–water partition coefficient (Wildman–Crippen LogP) is 3.73. The Balaban J connectivity index is 1.53. The second-order valence-electron chi connectivity index (χ2n) is 5.60. The second kappa shape index (κ2) is 7.76. The lowest BCUT2D eigenvalue weighted by atomic mass is 9.97. The maximum Gasteiger partial charge on any atom is 0.313 e. The van der Waals surface area contributed by atoms with Gasteiger partial charge in [0.1, 0.15) is 12.4 Å². The molecule has 7 heteroatoms. The smallest absolute Gasteiger partial charge is 0.313 e. The van der Waals surface area contributed by atoms with Crippen molar-refractivity contribution in [1.82, 2.24) is 0 Å². The molecule has 0 saturated carbocycles. The van der Waals surface area contributed by atoms with Crippen LogP contribution in [0.3, 0.4) is 0 Å². The van der Waals surface area contributed by atoms with E-state index in [2.05, 4.69) is 5.32 Å². The van der Waals surface area contributed by atoms with E-state index in [-0.39, 0.29) is 13.2 Å². The monoisotopic (exact) mass is 379 g/mol. The first-order valence-corrected chi connectivity index (χ1v) is 8.41. The molecule has 1 N–H and O–H groups in total. The zero-order valence-corrected chi connectivity index (χ0v) is 14.6. The topological polar surface area (TPSA) is 64.6 Å². The van der Waals surface area contributed by atoms with Gasteiger partial charge in [0.05, 0.1) is 16.6 Å². The summed E-state index contributed by atoms with van der Waals surface area (Å²) in [6.07, 6.45) is 0.459. The Morgan fingerprint density at radius 2 is 2.00 bits per heavy atom. The standard InChI is InChI=1S/C18H15Cl2NO4/c19-13-5-6-16-11(8-13)7-12(9-24-16)18(23)25-10-17(22)21-15-4-2-1-3-14(15)20/h1-6,8,12H,7,9-10H2,(H,21,22)/t12-/m1/s1. The molecule has 1 aliphatic heterocycles. The molecule has 5 nitrogen and oxygen atoms in total. The largest absolute Gasteiger partial charge is 0.492 e. The number of carbonyl (C=O) groups excluding carboxylic acids is 2. The normalized spacial score (nSPS) is 15.7. The van der Waals surface area contributed by atoms with Crippen molar-refractivity contribution in [3.8, 4) is 5.75 Å². The van der Waals surface area contributed by atoms with Gasteiger partial charge in [0.25, 0.3) is 5.91 Å². The van der Waals surface area contributed by atoms with Crippen LogP contribution in [0.25, 0.3) is 0 Å². The number of amides is 1. The first-order chi connectivity index (χ1) is 12.0. The minimum Gasteiger partial charge on any atom is -0.492 e. The van der Waals surface area contributed by atoms with Crippen LogP contribution in [-0.2, 0) is 20.7 Å². The van der Waals surface area contributed by atoms with E-state index < -0.39 is 17.8 Å². The Labute approximate surface area is 154 Å². The van der Waals surface area contributed by atoms with Crippen LogP contribution in [0.15, 0.2) is 42.5 Å². The summed E-state index contributed by atoms with van der Waals surface area (Å²) in [6.45, 7) is -0.178. The molecule has 0 fully saturated rings. The van der Waals surface area contributed by atoms with Gasteiger partial charge in [-0.2, -0.15) is 0 Å². The van der Waals surface area contributed by atoms with E-state index in [0.29, 0.717) is 27.9 Å². The number of nitrogens with one attached hydrogen (secondary N) is 1. The summed E-state index contributed by atoms with van der Waals surface area (Å²) in [5.41, 5.74) is 1.32. The summed E-state index contributed by atoms with van der Waals surface area (Å²) in [6, 6.07) is 12.1. The molecule has 0 bridgehead atoms. The third-order valence-corrected chi connectivity index (χ3v) is 4.32. The Morgan fingerprint density at radius 1 is 1.20 bits per heavy atom. The maximum atomic E-state index is 12.2. The predicted molar refractivity (Wildman–Crippen MR) is 95.2 cm³/mol. The van der Waals surface area contributed by atoms with Gasteiger partial charge in [0.15, 0.2) is 6.61 Å². The molecule has 0 aliphatic carbocycles. The first-order valence-electron chi connectivity index (χ1n) is 7.65. The molecule has 1 heterocycles. The molecule has 2 aromatic carbocycles. The molecule has 0 radical (unpaired) electrons. The zero-order chi connectivity index (χ0) is 17.8. The van der Waals surface area contributed by atoms with Gasteiger partial charge >= 0.3 is 5.97 Å². The summed E-state index contributed by atoms with van der Waals surface area (Å²) in [4.78, 5) is 24.1. The summed E-state index contributed by atoms with van der Waals surface area (Å²) < 4.78 is 10.6. The van der Waals surface area contributed by atoms with Gasteiger partial charge in [-0.25, -0.2) is 0 Å². The molecule has 25 heavy (non-hydrogen) atoms. The number of fused-ring (bicyclic) bond motifs is 1. The summed E-state index contributed by atoms with van der Waals surface area (Å²) >= 11 is 11.9. The van der Waals surface area contributed by atoms with Crippen molar-refractivity contribution < 1.29 is 19.1 Å². The van der Waals surface area contributed by atoms with E-state index in [1.54, 1.807) is 42.5 Å². The maximum absolute atomic E-state index is 12.2. The number of esters is 1. The summed E-state index contributed by atoms with van der Waals surface area (Å²) in [7, 11) is 0. The molecule has 0 saturated heterocycles. The fourth-order valence-corrected chi connectivity index (χ4v) is 2.90. The van der Waals surface area contributed by atoms with E-state index in [0.717, 1.165) is 5.56 Å². The molecule has 2 aromatic rings. The van der Waals surface area contributed by atoms with Crippen molar-refractivity contribution >= 4 is 40.8 Å². The second-order valence-corrected chi connectivity index (χ2v) is 6.44. The van der Waals surface area contributed by atoms with E-state index >= 15 is 0 Å². The van der Waals surface area contributed by atoms with Crippen LogP contribution in [0.5, 0.6) is 5.75 Å². The van der Waals surface area contributed by atoms with Crippen molar-refractivity contribution in [2.24, 2.45) is 5.92 Å². The average Bonchev–Trinajstić information content (AvgIpc) is 2.61. The fraction of sp³-hybridized carbons (Fsp3) is 0.222. The van der Waals surface area contributed by atoms with Gasteiger partial charge in [0, 0.05) is 5.02 Å². The number of para-hydroxylation sites is 1. The Morgan fingerprint density at radius 3 is 2.80 bits per heavy atom. The molecule has 130 valence electrons. The van der Waals surface area contributed by atoms with Crippen molar-refractivity contribution in [1.29, 1.82) is 0 Å². The highest BCUT2D eigenvalue weighted by molar-refractivity contribution is 6.33. The van der Waals surface area contributed by atoms with Gasteiger partial charge in [-0.1, -0.05) is 35.3 Å². The van der Waals surface area contributed by atoms with Crippen LogP contribution in [0.4, 0.5) is 5.69 Å². The van der Waals surface area contributed by atoms with Crippen LogP contribution in [-0.4, -0.2) is 25.1 Å². The Hall–Kier alpha value is -2.24. The number of anilines is 1. The highest BCUT2D eigenvalue weighted by atomic mass is 35.5. The third kappa shape index (κ3) is 4.44. The molecule has 0 aromatic heterocycles. The number of hydrogen-bond donors (Lipinski definition) is 1. The first kappa shape index (κ1) is 17.6. The van der Waals surface area contributed by atoms with Gasteiger partial charge in [-0.3, -0.25) is 9.59 Å². The van der Waals surface area contributed by atoms with Crippen molar-refractivity contribution in [2.45, 2.75) is 6.42 Å². The Kier molecular flexibility index (Phi) is 5.46. The fourth-order valence-electron chi connectivity index (χ4n) is 2.52. The van der Waals surface area contributed by atoms with E-state index in [4.69, 9.17) is 32.7 Å². The average molecular weight is 380 g/mol. The number of carbonyl (C=O) groups is 2. The number of benzene rings is 2. The van der Waals surface area contributed by atoms with Crippen LogP contribution in [0.2, 0.25) is 10.0 Å². The summed E-state index contributed by atoms with van der Waals surface area (Å²) in [5, 5.41) is 3.59. The lowest BCUT2D eigenvalue weighted by Gasteiger charge is -2.24. The number of rotatable bonds is 4. The minimum atomic E-state index is -0.486. The highest BCUT2D eigenvalue weighted by Crippen LogP contribution is 2.30. The molecule has 0 spiro atoms.